The Bertz CT molecular complexity index is 370. The van der Waals surface area contributed by atoms with E-state index < -0.39 is 0 Å². The van der Waals surface area contributed by atoms with Gasteiger partial charge >= 0.3 is 28.3 Å². The summed E-state index contributed by atoms with van der Waals surface area (Å²) in [4.78, 5) is 5.96. The van der Waals surface area contributed by atoms with E-state index in [4.69, 9.17) is 12.2 Å². The number of aromatic nitrogens is 1. The maximum atomic E-state index is 5.03. The fraction of sp³-hybridized carbons (Fsp3) is 0.300. The van der Waals surface area contributed by atoms with Crippen LogP contribution in [0, 0.1) is 0 Å². The van der Waals surface area contributed by atoms with E-state index in [-0.39, 0.29) is 0 Å². The van der Waals surface area contributed by atoms with Gasteiger partial charge in [0.2, 0.25) is 0 Å². The number of thiocarbonyl (C=S) groups is 1. The van der Waals surface area contributed by atoms with Crippen molar-refractivity contribution in [2.24, 2.45) is 5.10 Å². The Balaban J connectivity index is 0.00000121. The van der Waals surface area contributed by atoms with Gasteiger partial charge in [-0.25, -0.2) is 0 Å². The summed E-state index contributed by atoms with van der Waals surface area (Å²) < 4.78 is 0. The van der Waals surface area contributed by atoms with Crippen molar-refractivity contribution >= 4 is 37.2 Å². The molecule has 0 unspecified atom stereocenters. The van der Waals surface area contributed by atoms with Crippen LogP contribution in [-0.4, -0.2) is 34.8 Å². The van der Waals surface area contributed by atoms with Crippen LogP contribution >= 0.6 is 26.3 Å². The molecule has 1 aromatic rings. The molecule has 0 amide bonds. The molecular formula is C10H14BrCuN4S. The Morgan fingerprint density at radius 2 is 2.12 bits per heavy atom. The maximum absolute atomic E-state index is 5.03. The normalized spacial score (nSPS) is 10.1. The molecule has 98 valence electrons. The summed E-state index contributed by atoms with van der Waals surface area (Å²) in [6.45, 7) is 1.88. The van der Waals surface area contributed by atoms with E-state index in [0.29, 0.717) is 5.11 Å². The molecule has 0 saturated carbocycles. The quantitative estimate of drug-likeness (QED) is 0.377. The summed E-state index contributed by atoms with van der Waals surface area (Å²) in [5.41, 5.74) is 4.43. The molecule has 7 heteroatoms. The van der Waals surface area contributed by atoms with Crippen LogP contribution in [0.5, 0.6) is 0 Å². The van der Waals surface area contributed by atoms with Crippen LogP contribution < -0.4 is 5.43 Å². The second-order valence-electron chi connectivity index (χ2n) is 3.22. The minimum atomic E-state index is 0.574. The van der Waals surface area contributed by atoms with Gasteiger partial charge in [-0.05, 0) is 31.3 Å². The van der Waals surface area contributed by atoms with Gasteiger partial charge in [0.05, 0.1) is 11.4 Å². The molecule has 0 bridgehead atoms. The number of nitrogens with zero attached hydrogens (tertiary/aromatic N) is 3. The van der Waals surface area contributed by atoms with Gasteiger partial charge in [0.15, 0.2) is 5.11 Å². The first-order valence-corrected chi connectivity index (χ1v) is 7.39. The molecule has 1 aromatic heterocycles. The molecule has 0 fully saturated rings. The Kier molecular flexibility index (Phi) is 9.26. The van der Waals surface area contributed by atoms with Gasteiger partial charge in [0.25, 0.3) is 0 Å². The van der Waals surface area contributed by atoms with Crippen molar-refractivity contribution in [1.82, 2.24) is 15.3 Å². The summed E-state index contributed by atoms with van der Waals surface area (Å²) in [6.07, 6.45) is 1.73. The third-order valence-electron chi connectivity index (χ3n) is 1.76. The number of halogens is 1. The Hall–Kier alpha value is -0.491. The van der Waals surface area contributed by atoms with Crippen LogP contribution in [0.4, 0.5) is 0 Å². The van der Waals surface area contributed by atoms with Crippen LogP contribution in [0.1, 0.15) is 12.6 Å². The molecule has 17 heavy (non-hydrogen) atoms. The van der Waals surface area contributed by atoms with E-state index in [9.17, 15) is 0 Å². The molecule has 0 saturated heterocycles. The molecule has 0 aliphatic heterocycles. The predicted octanol–water partition coefficient (Wildman–Crippen LogP) is 2.08. The van der Waals surface area contributed by atoms with Gasteiger partial charge in [-0.2, -0.15) is 5.10 Å². The van der Waals surface area contributed by atoms with Gasteiger partial charge in [0, 0.05) is 20.3 Å². The monoisotopic (exact) mass is 364 g/mol. The Morgan fingerprint density at radius 1 is 1.47 bits per heavy atom. The number of rotatable bonds is 2. The molecule has 0 aliphatic carbocycles. The van der Waals surface area contributed by atoms with E-state index >= 15 is 0 Å². The molecule has 0 spiro atoms. The van der Waals surface area contributed by atoms with Crippen molar-refractivity contribution in [3.63, 3.8) is 0 Å². The number of hydrogen-bond acceptors (Lipinski definition) is 3. The molecule has 0 radical (unpaired) electrons. The first-order chi connectivity index (χ1) is 8.11. The van der Waals surface area contributed by atoms with Gasteiger partial charge < -0.3 is 4.90 Å². The molecule has 1 rings (SSSR count). The van der Waals surface area contributed by atoms with E-state index in [2.05, 4.69) is 43.8 Å². The second-order valence-corrected chi connectivity index (χ2v) is 3.61. The second kappa shape index (κ2) is 9.53. The Labute approximate surface area is 122 Å². The molecule has 0 aromatic carbocycles. The van der Waals surface area contributed by atoms with Crippen LogP contribution in [-0.2, 0) is 14.2 Å². The van der Waals surface area contributed by atoms with Gasteiger partial charge in [0.1, 0.15) is 0 Å². The van der Waals surface area contributed by atoms with Gasteiger partial charge in [-0.1, -0.05) is 6.07 Å². The number of hydrogen-bond donors (Lipinski definition) is 1. The van der Waals surface area contributed by atoms with Crippen LogP contribution in [0.25, 0.3) is 0 Å². The van der Waals surface area contributed by atoms with Crippen molar-refractivity contribution in [3.05, 3.63) is 30.1 Å². The molecule has 0 atom stereocenters. The van der Waals surface area contributed by atoms with Crippen molar-refractivity contribution in [1.29, 1.82) is 0 Å². The van der Waals surface area contributed by atoms with Gasteiger partial charge in [-0.15, -0.1) is 0 Å². The third kappa shape index (κ3) is 6.73. The van der Waals surface area contributed by atoms with Crippen LogP contribution in [0.2, 0.25) is 0 Å². The summed E-state index contributed by atoms with van der Waals surface area (Å²) >= 11 is 11.5. The summed E-state index contributed by atoms with van der Waals surface area (Å²) in [7, 11) is 3.72. The molecule has 1 N–H and O–H groups in total. The summed E-state index contributed by atoms with van der Waals surface area (Å²) in [5.74, 6) is 0. The zero-order chi connectivity index (χ0) is 13.3. The summed E-state index contributed by atoms with van der Waals surface area (Å²) in [5, 5.41) is 4.71. The zero-order valence-corrected chi connectivity index (χ0v) is 13.1. The standard InChI is InChI=1S/C10H14N4S.BrH.Cu/c1-8(9-6-4-5-7-11-9)12-13-10(15)14(2)3;;/h4-7H,1-3H3,(H,13,15);1H;/q;;+1/p-1/b12-8+;;. The van der Waals surface area contributed by atoms with E-state index in [1.807, 2.05) is 39.2 Å². The first kappa shape index (κ1) is 16.5. The SMILES string of the molecule is C/C(=N\NC(=S)N(C)C)c1ccccn1.[Cu][Br]. The predicted molar refractivity (Wildman–Crippen MR) is 74.8 cm³/mol. The Morgan fingerprint density at radius 3 is 2.59 bits per heavy atom. The zero-order valence-electron chi connectivity index (χ0n) is 9.74. The average molecular weight is 366 g/mol. The minimum absolute atomic E-state index is 0.574. The van der Waals surface area contributed by atoms with E-state index in [1.54, 1.807) is 11.1 Å². The van der Waals surface area contributed by atoms with Crippen molar-refractivity contribution in [2.45, 2.75) is 6.92 Å². The van der Waals surface area contributed by atoms with Crippen LogP contribution in [0.15, 0.2) is 29.5 Å². The fourth-order valence-corrected chi connectivity index (χ4v) is 0.911. The molecular weight excluding hydrogens is 352 g/mol. The number of hydrazone groups is 1. The first-order valence-electron chi connectivity index (χ1n) is 4.65. The number of pyridine rings is 1. The van der Waals surface area contributed by atoms with E-state index in [1.165, 1.54) is 0 Å². The third-order valence-corrected chi connectivity index (χ3v) is 2.22. The van der Waals surface area contributed by atoms with Crippen molar-refractivity contribution < 1.29 is 14.2 Å². The van der Waals surface area contributed by atoms with Crippen molar-refractivity contribution in [2.75, 3.05) is 14.1 Å². The molecule has 0 aliphatic rings. The fourth-order valence-electron chi connectivity index (χ4n) is 0.866. The van der Waals surface area contributed by atoms with Crippen molar-refractivity contribution in [3.8, 4) is 0 Å². The van der Waals surface area contributed by atoms with Crippen LogP contribution in [0.3, 0.4) is 0 Å². The summed E-state index contributed by atoms with van der Waals surface area (Å²) in [6, 6.07) is 5.69. The molecule has 1 heterocycles. The topological polar surface area (TPSA) is 40.5 Å². The molecule has 4 nitrogen and oxygen atoms in total. The van der Waals surface area contributed by atoms with Gasteiger partial charge in [-0.3, -0.25) is 10.4 Å². The van der Waals surface area contributed by atoms with E-state index in [0.717, 1.165) is 11.4 Å². The average Bonchev–Trinajstić information content (AvgIpc) is 2.38. The number of nitrogens with one attached hydrogen (secondary N) is 1.